The average Bonchev–Trinajstić information content (AvgIpc) is 3.49. The topological polar surface area (TPSA) is 66.4 Å². The Hall–Kier alpha value is -3.40. The van der Waals surface area contributed by atoms with Crippen LogP contribution in [0.2, 0.25) is 0 Å². The molecule has 1 amide bonds. The number of carbonyl (C=O) groups excluding carboxylic acids is 1. The van der Waals surface area contributed by atoms with E-state index < -0.39 is 11.5 Å². The quantitative estimate of drug-likeness (QED) is 0.636. The van der Waals surface area contributed by atoms with Gasteiger partial charge in [-0.25, -0.2) is 4.79 Å². The van der Waals surface area contributed by atoms with E-state index in [0.29, 0.717) is 6.42 Å². The number of carboxylic acid groups (broad SMARTS) is 1. The van der Waals surface area contributed by atoms with Crippen molar-refractivity contribution in [1.82, 2.24) is 5.32 Å². The molecule has 0 radical (unpaired) electrons. The van der Waals surface area contributed by atoms with Gasteiger partial charge in [0.25, 0.3) is 0 Å². The normalized spacial score (nSPS) is 20.2. The van der Waals surface area contributed by atoms with E-state index in [2.05, 4.69) is 5.32 Å². The van der Waals surface area contributed by atoms with Crippen molar-refractivity contribution in [2.75, 3.05) is 0 Å². The molecule has 4 rings (SSSR count). The van der Waals surface area contributed by atoms with Crippen LogP contribution in [0.1, 0.15) is 41.4 Å². The van der Waals surface area contributed by atoms with Crippen molar-refractivity contribution in [1.29, 1.82) is 0 Å². The van der Waals surface area contributed by atoms with Crippen LogP contribution >= 0.6 is 0 Å². The highest BCUT2D eigenvalue weighted by molar-refractivity contribution is 5.92. The first-order chi connectivity index (χ1) is 14.1. The van der Waals surface area contributed by atoms with Crippen LogP contribution in [0.25, 0.3) is 0 Å². The van der Waals surface area contributed by atoms with Gasteiger partial charge in [-0.05, 0) is 23.1 Å². The number of hydrogen-bond acceptors (Lipinski definition) is 2. The van der Waals surface area contributed by atoms with E-state index in [9.17, 15) is 14.7 Å². The highest BCUT2D eigenvalue weighted by Crippen LogP contribution is 2.51. The molecule has 0 bridgehead atoms. The molecule has 2 atom stereocenters. The predicted octanol–water partition coefficient (Wildman–Crippen LogP) is 4.34. The molecular weight excluding hydrogens is 362 g/mol. The molecule has 1 aliphatic rings. The summed E-state index contributed by atoms with van der Waals surface area (Å²) in [5.74, 6) is -1.55. The fraction of sp³-hybridized carbons (Fsp3) is 0.200. The number of amides is 1. The Bertz CT molecular complexity index is 949. The molecule has 0 spiro atoms. The van der Waals surface area contributed by atoms with E-state index >= 15 is 0 Å². The van der Waals surface area contributed by atoms with Gasteiger partial charge in [0.2, 0.25) is 5.91 Å². The third-order valence-electron chi connectivity index (χ3n) is 5.70. The van der Waals surface area contributed by atoms with Crippen LogP contribution in [0, 0.1) is 0 Å². The standard InChI is InChI=1S/C25H23NO3/c27-23(26-25(24(28)29)17-22(25)20-14-8-3-9-15-20)16-21(18-10-4-1-5-11-18)19-12-6-2-7-13-19/h1-15,21-22H,16-17H2,(H,26,27)(H,28,29). The molecule has 1 saturated carbocycles. The zero-order valence-electron chi connectivity index (χ0n) is 16.0. The van der Waals surface area contributed by atoms with Crippen LogP contribution in [0.4, 0.5) is 0 Å². The fourth-order valence-corrected chi connectivity index (χ4v) is 4.06. The Morgan fingerprint density at radius 3 is 1.83 bits per heavy atom. The van der Waals surface area contributed by atoms with Gasteiger partial charge in [0, 0.05) is 18.3 Å². The number of benzene rings is 3. The second-order valence-corrected chi connectivity index (χ2v) is 7.57. The van der Waals surface area contributed by atoms with Gasteiger partial charge in [-0.1, -0.05) is 91.0 Å². The van der Waals surface area contributed by atoms with Crippen molar-refractivity contribution in [2.45, 2.75) is 30.2 Å². The molecule has 3 aromatic carbocycles. The molecule has 1 fully saturated rings. The molecule has 2 unspecified atom stereocenters. The van der Waals surface area contributed by atoms with Crippen molar-refractivity contribution in [3.8, 4) is 0 Å². The van der Waals surface area contributed by atoms with Gasteiger partial charge in [-0.15, -0.1) is 0 Å². The molecule has 0 heterocycles. The molecule has 29 heavy (non-hydrogen) atoms. The second kappa shape index (κ2) is 7.92. The van der Waals surface area contributed by atoms with Gasteiger partial charge in [0.1, 0.15) is 5.54 Å². The number of carbonyl (C=O) groups is 2. The molecule has 0 aromatic heterocycles. The first kappa shape index (κ1) is 18.9. The van der Waals surface area contributed by atoms with Gasteiger partial charge >= 0.3 is 5.97 Å². The summed E-state index contributed by atoms with van der Waals surface area (Å²) in [6.07, 6.45) is 0.615. The number of rotatable bonds is 7. The van der Waals surface area contributed by atoms with Gasteiger partial charge in [0.05, 0.1) is 0 Å². The predicted molar refractivity (Wildman–Crippen MR) is 112 cm³/mol. The minimum absolute atomic E-state index is 0.128. The van der Waals surface area contributed by atoms with Crippen LogP contribution in [0.3, 0.4) is 0 Å². The molecule has 4 nitrogen and oxygen atoms in total. The van der Waals surface area contributed by atoms with E-state index in [1.807, 2.05) is 91.0 Å². The zero-order chi connectivity index (χ0) is 20.3. The highest BCUT2D eigenvalue weighted by Gasteiger charge is 2.62. The van der Waals surface area contributed by atoms with Crippen LogP contribution in [0.5, 0.6) is 0 Å². The largest absolute Gasteiger partial charge is 0.479 e. The third kappa shape index (κ3) is 3.92. The fourth-order valence-electron chi connectivity index (χ4n) is 4.06. The smallest absolute Gasteiger partial charge is 0.330 e. The van der Waals surface area contributed by atoms with Crippen molar-refractivity contribution in [2.24, 2.45) is 0 Å². The summed E-state index contributed by atoms with van der Waals surface area (Å²) in [6.45, 7) is 0. The molecule has 146 valence electrons. The number of nitrogens with one attached hydrogen (secondary N) is 1. The summed E-state index contributed by atoms with van der Waals surface area (Å²) in [4.78, 5) is 25.0. The minimum atomic E-state index is -1.21. The molecule has 3 aromatic rings. The van der Waals surface area contributed by atoms with E-state index in [0.717, 1.165) is 16.7 Å². The van der Waals surface area contributed by atoms with E-state index in [-0.39, 0.29) is 24.2 Å². The summed E-state index contributed by atoms with van der Waals surface area (Å²) < 4.78 is 0. The molecule has 0 aliphatic heterocycles. The maximum atomic E-state index is 13.0. The number of carboxylic acids is 1. The summed E-state index contributed by atoms with van der Waals surface area (Å²) in [5, 5.41) is 12.7. The maximum absolute atomic E-state index is 13.0. The van der Waals surface area contributed by atoms with Gasteiger partial charge < -0.3 is 10.4 Å². The lowest BCUT2D eigenvalue weighted by Crippen LogP contribution is -2.45. The molecule has 0 saturated heterocycles. The zero-order valence-corrected chi connectivity index (χ0v) is 16.0. The Morgan fingerprint density at radius 1 is 0.862 bits per heavy atom. The van der Waals surface area contributed by atoms with Crippen molar-refractivity contribution < 1.29 is 14.7 Å². The Labute approximate surface area is 170 Å². The Balaban J connectivity index is 1.54. The Kier molecular flexibility index (Phi) is 5.17. The lowest BCUT2D eigenvalue weighted by Gasteiger charge is -2.20. The van der Waals surface area contributed by atoms with Gasteiger partial charge in [-0.2, -0.15) is 0 Å². The highest BCUT2D eigenvalue weighted by atomic mass is 16.4. The third-order valence-corrected chi connectivity index (χ3v) is 5.70. The lowest BCUT2D eigenvalue weighted by atomic mass is 9.88. The lowest BCUT2D eigenvalue weighted by molar-refractivity contribution is -0.143. The first-order valence-electron chi connectivity index (χ1n) is 9.79. The maximum Gasteiger partial charge on any atom is 0.330 e. The minimum Gasteiger partial charge on any atom is -0.479 e. The van der Waals surface area contributed by atoms with Gasteiger partial charge in [-0.3, -0.25) is 4.79 Å². The average molecular weight is 385 g/mol. The summed E-state index contributed by atoms with van der Waals surface area (Å²) in [7, 11) is 0. The molecule has 1 aliphatic carbocycles. The summed E-state index contributed by atoms with van der Waals surface area (Å²) in [5.41, 5.74) is 1.80. The van der Waals surface area contributed by atoms with Crippen molar-refractivity contribution >= 4 is 11.9 Å². The van der Waals surface area contributed by atoms with Crippen LogP contribution in [0.15, 0.2) is 91.0 Å². The van der Waals surface area contributed by atoms with Crippen LogP contribution in [-0.2, 0) is 9.59 Å². The SMILES string of the molecule is O=C(CC(c1ccccc1)c1ccccc1)NC1(C(=O)O)CC1c1ccccc1. The molecule has 4 heteroatoms. The van der Waals surface area contributed by atoms with E-state index in [1.165, 1.54) is 0 Å². The van der Waals surface area contributed by atoms with Crippen molar-refractivity contribution in [3.63, 3.8) is 0 Å². The van der Waals surface area contributed by atoms with E-state index in [4.69, 9.17) is 0 Å². The summed E-state index contributed by atoms with van der Waals surface area (Å²) >= 11 is 0. The number of hydrogen-bond donors (Lipinski definition) is 2. The number of aliphatic carboxylic acids is 1. The van der Waals surface area contributed by atoms with Crippen LogP contribution in [-0.4, -0.2) is 22.5 Å². The van der Waals surface area contributed by atoms with Crippen molar-refractivity contribution in [3.05, 3.63) is 108 Å². The molecular formula is C25H23NO3. The summed E-state index contributed by atoms with van der Waals surface area (Å²) in [6, 6.07) is 29.2. The molecule has 2 N–H and O–H groups in total. The van der Waals surface area contributed by atoms with Crippen LogP contribution < -0.4 is 5.32 Å². The van der Waals surface area contributed by atoms with E-state index in [1.54, 1.807) is 0 Å². The Morgan fingerprint density at radius 2 is 1.34 bits per heavy atom. The van der Waals surface area contributed by atoms with Gasteiger partial charge in [0.15, 0.2) is 0 Å². The first-order valence-corrected chi connectivity index (χ1v) is 9.79. The second-order valence-electron chi connectivity index (χ2n) is 7.57. The monoisotopic (exact) mass is 385 g/mol.